The van der Waals surface area contributed by atoms with Gasteiger partial charge in [-0.25, -0.2) is 0 Å². The molecule has 3 nitrogen and oxygen atoms in total. The summed E-state index contributed by atoms with van der Waals surface area (Å²) in [6, 6.07) is 7.33. The maximum Gasteiger partial charge on any atom is 0.194 e. The number of rotatable bonds is 4. The molecule has 110 valence electrons. The molecule has 0 atom stereocenters. The van der Waals surface area contributed by atoms with Gasteiger partial charge in [0.2, 0.25) is 0 Å². The molecule has 1 aliphatic carbocycles. The molecular weight excluding hydrogens is 252 g/mol. The summed E-state index contributed by atoms with van der Waals surface area (Å²) in [6.07, 6.45) is 3.59. The Balaban J connectivity index is 2.25. The number of hydrogen-bond acceptors (Lipinski definition) is 3. The number of Topliss-reactive ketones (excluding diaryl/α,β-unsaturated/α-hetero) is 1. The van der Waals surface area contributed by atoms with Crippen LogP contribution in [0.25, 0.3) is 0 Å². The van der Waals surface area contributed by atoms with Crippen LogP contribution >= 0.6 is 0 Å². The van der Waals surface area contributed by atoms with Crippen molar-refractivity contribution in [2.45, 2.75) is 45.1 Å². The van der Waals surface area contributed by atoms with E-state index in [0.29, 0.717) is 16.7 Å². The number of methoxy groups -OCH3 is 2. The first-order valence-electron chi connectivity index (χ1n) is 7.16. The fourth-order valence-electron chi connectivity index (χ4n) is 2.88. The van der Waals surface area contributed by atoms with Gasteiger partial charge in [0.25, 0.3) is 0 Å². The van der Waals surface area contributed by atoms with Crippen LogP contribution in [-0.4, -0.2) is 25.6 Å². The summed E-state index contributed by atoms with van der Waals surface area (Å²) in [4.78, 5) is 12.9. The molecule has 20 heavy (non-hydrogen) atoms. The lowest BCUT2D eigenvalue weighted by Crippen LogP contribution is -2.45. The van der Waals surface area contributed by atoms with Gasteiger partial charge < -0.3 is 9.47 Å². The van der Waals surface area contributed by atoms with Crippen LogP contribution in [0.3, 0.4) is 0 Å². The van der Waals surface area contributed by atoms with Gasteiger partial charge in [0, 0.05) is 12.7 Å². The van der Waals surface area contributed by atoms with Crippen molar-refractivity contribution in [3.8, 4) is 5.75 Å². The molecule has 0 spiro atoms. The second-order valence-corrected chi connectivity index (χ2v) is 6.42. The zero-order valence-corrected chi connectivity index (χ0v) is 12.9. The summed E-state index contributed by atoms with van der Waals surface area (Å²) in [6.45, 7) is 4.51. The Morgan fingerprint density at radius 3 is 2.30 bits per heavy atom. The van der Waals surface area contributed by atoms with Gasteiger partial charge in [-0.05, 0) is 43.2 Å². The maximum absolute atomic E-state index is 12.9. The lowest BCUT2D eigenvalue weighted by molar-refractivity contribution is -0.0383. The average molecular weight is 276 g/mol. The van der Waals surface area contributed by atoms with E-state index in [4.69, 9.17) is 9.47 Å². The Morgan fingerprint density at radius 2 is 1.75 bits per heavy atom. The van der Waals surface area contributed by atoms with Gasteiger partial charge in [-0.15, -0.1) is 0 Å². The van der Waals surface area contributed by atoms with E-state index in [1.807, 2.05) is 18.2 Å². The molecule has 1 aliphatic rings. The molecule has 0 aliphatic heterocycles. The van der Waals surface area contributed by atoms with Gasteiger partial charge >= 0.3 is 0 Å². The molecular formula is C17H24O3. The minimum Gasteiger partial charge on any atom is -0.497 e. The second kappa shape index (κ2) is 5.57. The highest BCUT2D eigenvalue weighted by molar-refractivity contribution is 6.02. The van der Waals surface area contributed by atoms with Crippen LogP contribution in [0.15, 0.2) is 24.3 Å². The van der Waals surface area contributed by atoms with Crippen molar-refractivity contribution in [3.63, 3.8) is 0 Å². The molecule has 2 rings (SSSR count). The Labute approximate surface area is 121 Å². The van der Waals surface area contributed by atoms with E-state index in [1.54, 1.807) is 20.3 Å². The molecule has 0 N–H and O–H groups in total. The second-order valence-electron chi connectivity index (χ2n) is 6.42. The topological polar surface area (TPSA) is 35.5 Å². The van der Waals surface area contributed by atoms with Crippen molar-refractivity contribution in [2.75, 3.05) is 14.2 Å². The van der Waals surface area contributed by atoms with E-state index >= 15 is 0 Å². The summed E-state index contributed by atoms with van der Waals surface area (Å²) in [7, 11) is 3.26. The highest BCUT2D eigenvalue weighted by Crippen LogP contribution is 2.43. The molecule has 0 radical (unpaired) electrons. The van der Waals surface area contributed by atoms with Crippen molar-refractivity contribution in [1.82, 2.24) is 0 Å². The third-order valence-corrected chi connectivity index (χ3v) is 4.55. The van der Waals surface area contributed by atoms with Gasteiger partial charge in [-0.3, -0.25) is 4.79 Å². The predicted octanol–water partition coefficient (Wildman–Crippen LogP) is 3.86. The lowest BCUT2D eigenvalue weighted by atomic mass is 9.68. The van der Waals surface area contributed by atoms with Crippen LogP contribution in [0.4, 0.5) is 0 Å². The average Bonchev–Trinajstić information content (AvgIpc) is 2.47. The fraction of sp³-hybridized carbons (Fsp3) is 0.588. The number of carbonyl (C=O) groups excluding carboxylic acids is 1. The van der Waals surface area contributed by atoms with Crippen molar-refractivity contribution in [1.29, 1.82) is 0 Å². The van der Waals surface area contributed by atoms with Crippen molar-refractivity contribution < 1.29 is 14.3 Å². The number of ether oxygens (including phenoxy) is 2. The van der Waals surface area contributed by atoms with Crippen LogP contribution in [0, 0.1) is 5.41 Å². The van der Waals surface area contributed by atoms with Crippen molar-refractivity contribution in [3.05, 3.63) is 29.8 Å². The molecule has 0 heterocycles. The number of ketones is 1. The van der Waals surface area contributed by atoms with Crippen LogP contribution in [0.1, 0.15) is 49.9 Å². The summed E-state index contributed by atoms with van der Waals surface area (Å²) < 4.78 is 10.9. The van der Waals surface area contributed by atoms with E-state index in [-0.39, 0.29) is 5.78 Å². The lowest BCUT2D eigenvalue weighted by Gasteiger charge is -2.41. The monoisotopic (exact) mass is 276 g/mol. The minimum absolute atomic E-state index is 0.0781. The maximum atomic E-state index is 12.9. The van der Waals surface area contributed by atoms with Crippen LogP contribution in [0.2, 0.25) is 0 Å². The van der Waals surface area contributed by atoms with Gasteiger partial charge in [0.1, 0.15) is 11.4 Å². The summed E-state index contributed by atoms with van der Waals surface area (Å²) >= 11 is 0. The van der Waals surface area contributed by atoms with Crippen LogP contribution < -0.4 is 4.74 Å². The third kappa shape index (κ3) is 2.88. The predicted molar refractivity (Wildman–Crippen MR) is 79.3 cm³/mol. The molecule has 0 saturated heterocycles. The van der Waals surface area contributed by atoms with Crippen molar-refractivity contribution in [2.24, 2.45) is 5.41 Å². The molecule has 1 saturated carbocycles. The first-order chi connectivity index (χ1) is 9.42. The summed E-state index contributed by atoms with van der Waals surface area (Å²) in [5.41, 5.74) is 0.310. The number of benzene rings is 1. The van der Waals surface area contributed by atoms with E-state index < -0.39 is 5.60 Å². The highest BCUT2D eigenvalue weighted by Gasteiger charge is 2.44. The SMILES string of the molecule is COc1cccc(C(=O)C2(OC)CCC(C)(C)CC2)c1. The Kier molecular flexibility index (Phi) is 4.19. The summed E-state index contributed by atoms with van der Waals surface area (Å²) in [5.74, 6) is 0.785. The zero-order valence-electron chi connectivity index (χ0n) is 12.9. The van der Waals surface area contributed by atoms with Crippen LogP contribution in [-0.2, 0) is 4.74 Å². The Morgan fingerprint density at radius 1 is 1.10 bits per heavy atom. The molecule has 0 aromatic heterocycles. The van der Waals surface area contributed by atoms with Gasteiger partial charge in [-0.2, -0.15) is 0 Å². The molecule has 0 amide bonds. The molecule has 1 aromatic rings. The van der Waals surface area contributed by atoms with Crippen molar-refractivity contribution >= 4 is 5.78 Å². The standard InChI is InChI=1S/C17H24O3/c1-16(2)8-10-17(20-4,11-9-16)15(18)13-6-5-7-14(12-13)19-3/h5-7,12H,8-11H2,1-4H3. The van der Waals surface area contributed by atoms with Gasteiger partial charge in [0.15, 0.2) is 5.78 Å². The van der Waals surface area contributed by atoms with Gasteiger partial charge in [-0.1, -0.05) is 26.0 Å². The number of carbonyl (C=O) groups is 1. The third-order valence-electron chi connectivity index (χ3n) is 4.55. The van der Waals surface area contributed by atoms with E-state index in [0.717, 1.165) is 25.7 Å². The zero-order chi connectivity index (χ0) is 14.8. The van der Waals surface area contributed by atoms with E-state index in [2.05, 4.69) is 13.8 Å². The molecule has 0 bridgehead atoms. The highest BCUT2D eigenvalue weighted by atomic mass is 16.5. The normalized spacial score (nSPS) is 20.4. The first kappa shape index (κ1) is 15.0. The van der Waals surface area contributed by atoms with Crippen LogP contribution in [0.5, 0.6) is 5.75 Å². The van der Waals surface area contributed by atoms with Gasteiger partial charge in [0.05, 0.1) is 7.11 Å². The smallest absolute Gasteiger partial charge is 0.194 e. The van der Waals surface area contributed by atoms with E-state index in [1.165, 1.54) is 0 Å². The summed E-state index contributed by atoms with van der Waals surface area (Å²) in [5, 5.41) is 0. The van der Waals surface area contributed by atoms with E-state index in [9.17, 15) is 4.79 Å². The molecule has 1 fully saturated rings. The molecule has 0 unspecified atom stereocenters. The molecule has 3 heteroatoms. The number of hydrogen-bond donors (Lipinski definition) is 0. The molecule has 1 aromatic carbocycles. The fourth-order valence-corrected chi connectivity index (χ4v) is 2.88. The Bertz CT molecular complexity index is 481. The minimum atomic E-state index is -0.665. The first-order valence-corrected chi connectivity index (χ1v) is 7.16. The largest absolute Gasteiger partial charge is 0.497 e. The quantitative estimate of drug-likeness (QED) is 0.783. The Hall–Kier alpha value is -1.35.